The van der Waals surface area contributed by atoms with Gasteiger partial charge >= 0.3 is 0 Å². The summed E-state index contributed by atoms with van der Waals surface area (Å²) in [5.74, 6) is 0. The van der Waals surface area contributed by atoms with E-state index in [0.29, 0.717) is 13.2 Å². The highest BCUT2D eigenvalue weighted by molar-refractivity contribution is 9.10. The molecule has 7 heteroatoms. The van der Waals surface area contributed by atoms with Crippen molar-refractivity contribution in [3.05, 3.63) is 34.3 Å². The van der Waals surface area contributed by atoms with Gasteiger partial charge in [0.1, 0.15) is 0 Å². The van der Waals surface area contributed by atoms with Crippen LogP contribution < -0.4 is 4.72 Å². The summed E-state index contributed by atoms with van der Waals surface area (Å²) in [5.41, 5.74) is 0.978. The lowest BCUT2D eigenvalue weighted by atomic mass is 10.0. The number of rotatable bonds is 3. The molecule has 0 aliphatic carbocycles. The number of nitrogens with zero attached hydrogens (tertiary/aromatic N) is 1. The van der Waals surface area contributed by atoms with E-state index in [0.717, 1.165) is 10.0 Å². The zero-order valence-electron chi connectivity index (χ0n) is 10.8. The van der Waals surface area contributed by atoms with Crippen LogP contribution in [0.1, 0.15) is 18.6 Å². The van der Waals surface area contributed by atoms with Gasteiger partial charge in [-0.3, -0.25) is 0 Å². The molecule has 1 fully saturated rings. The van der Waals surface area contributed by atoms with Gasteiger partial charge in [0.2, 0.25) is 0 Å². The van der Waals surface area contributed by atoms with E-state index < -0.39 is 10.2 Å². The fourth-order valence-electron chi connectivity index (χ4n) is 2.25. The monoisotopic (exact) mass is 348 g/mol. The smallest absolute Gasteiger partial charge is 0.279 e. The van der Waals surface area contributed by atoms with Crippen LogP contribution in [-0.2, 0) is 14.9 Å². The van der Waals surface area contributed by atoms with Crippen LogP contribution in [0, 0.1) is 0 Å². The third-order valence-electron chi connectivity index (χ3n) is 3.27. The number of benzene rings is 1. The Labute approximate surface area is 122 Å². The summed E-state index contributed by atoms with van der Waals surface area (Å²) in [6, 6.07) is 7.50. The third-order valence-corrected chi connectivity index (χ3v) is 5.44. The zero-order valence-corrected chi connectivity index (χ0v) is 13.2. The largest absolute Gasteiger partial charge is 0.370 e. The van der Waals surface area contributed by atoms with Crippen LogP contribution in [0.25, 0.3) is 0 Å². The van der Waals surface area contributed by atoms with Crippen molar-refractivity contribution in [1.29, 1.82) is 0 Å². The molecule has 1 aromatic rings. The molecule has 2 atom stereocenters. The quantitative estimate of drug-likeness (QED) is 0.903. The fraction of sp³-hybridized carbons (Fsp3) is 0.500. The third kappa shape index (κ3) is 3.17. The van der Waals surface area contributed by atoms with Crippen LogP contribution in [0.3, 0.4) is 0 Å². The van der Waals surface area contributed by atoms with Gasteiger partial charge in [-0.2, -0.15) is 12.7 Å². The first-order valence-electron chi connectivity index (χ1n) is 6.03. The molecule has 0 aromatic heterocycles. The lowest BCUT2D eigenvalue weighted by Gasteiger charge is -2.38. The molecule has 0 saturated carbocycles. The summed E-state index contributed by atoms with van der Waals surface area (Å²) in [6.45, 7) is 2.63. The Balaban J connectivity index is 2.25. The van der Waals surface area contributed by atoms with Crippen LogP contribution in [0.2, 0.25) is 0 Å². The molecule has 106 valence electrons. The van der Waals surface area contributed by atoms with Crippen LogP contribution in [0.4, 0.5) is 0 Å². The maximum Gasteiger partial charge on any atom is 0.279 e. The molecule has 5 nitrogen and oxygen atoms in total. The number of hydrogen-bond donors (Lipinski definition) is 1. The van der Waals surface area contributed by atoms with Gasteiger partial charge in [0.15, 0.2) is 0 Å². The van der Waals surface area contributed by atoms with E-state index in [-0.39, 0.29) is 12.1 Å². The molecule has 1 aliphatic heterocycles. The second kappa shape index (κ2) is 5.88. The minimum absolute atomic E-state index is 0.243. The molecular weight excluding hydrogens is 332 g/mol. The van der Waals surface area contributed by atoms with Crippen molar-refractivity contribution in [2.75, 3.05) is 20.2 Å². The Morgan fingerprint density at radius 1 is 1.37 bits per heavy atom. The van der Waals surface area contributed by atoms with E-state index >= 15 is 0 Å². The van der Waals surface area contributed by atoms with Crippen molar-refractivity contribution in [2.45, 2.75) is 19.1 Å². The van der Waals surface area contributed by atoms with Crippen molar-refractivity contribution in [1.82, 2.24) is 9.03 Å². The van der Waals surface area contributed by atoms with Crippen LogP contribution in [0.15, 0.2) is 28.7 Å². The summed E-state index contributed by atoms with van der Waals surface area (Å²) in [5, 5.41) is 0. The van der Waals surface area contributed by atoms with Gasteiger partial charge < -0.3 is 4.74 Å². The van der Waals surface area contributed by atoms with Gasteiger partial charge in [-0.05, 0) is 24.6 Å². The van der Waals surface area contributed by atoms with Gasteiger partial charge in [0.05, 0.1) is 18.8 Å². The molecule has 1 N–H and O–H groups in total. The predicted molar refractivity (Wildman–Crippen MR) is 77.0 cm³/mol. The van der Waals surface area contributed by atoms with Crippen molar-refractivity contribution in [3.8, 4) is 0 Å². The zero-order chi connectivity index (χ0) is 14.0. The van der Waals surface area contributed by atoms with Crippen LogP contribution in [-0.4, -0.2) is 39.0 Å². The van der Waals surface area contributed by atoms with E-state index in [9.17, 15) is 8.42 Å². The van der Waals surface area contributed by atoms with E-state index in [1.807, 2.05) is 31.2 Å². The average molecular weight is 349 g/mol. The highest BCUT2D eigenvalue weighted by atomic mass is 79.9. The van der Waals surface area contributed by atoms with E-state index in [4.69, 9.17) is 4.74 Å². The highest BCUT2D eigenvalue weighted by Crippen LogP contribution is 2.30. The molecule has 19 heavy (non-hydrogen) atoms. The molecule has 0 unspecified atom stereocenters. The Hall–Kier alpha value is -0.470. The molecule has 1 aliphatic rings. The molecule has 1 aromatic carbocycles. The Kier molecular flexibility index (Phi) is 4.62. The van der Waals surface area contributed by atoms with E-state index in [1.165, 1.54) is 11.4 Å². The Bertz CT molecular complexity index is 532. The van der Waals surface area contributed by atoms with Gasteiger partial charge in [-0.15, -0.1) is 0 Å². The first-order valence-corrected chi connectivity index (χ1v) is 8.26. The molecule has 1 saturated heterocycles. The molecule has 2 rings (SSSR count). The molecule has 0 radical (unpaired) electrons. The van der Waals surface area contributed by atoms with E-state index in [1.54, 1.807) is 0 Å². The topological polar surface area (TPSA) is 58.6 Å². The molecule has 1 heterocycles. The standard InChI is InChI=1S/C12H17BrN2O3S/c1-9-12(10-3-5-11(13)6-4-10)18-8-7-15(9)19(16,17)14-2/h3-6,9,12,14H,7-8H2,1-2H3/t9-,12-/m1/s1. The van der Waals surface area contributed by atoms with E-state index in [2.05, 4.69) is 20.7 Å². The lowest BCUT2D eigenvalue weighted by molar-refractivity contribution is -0.0364. The van der Waals surface area contributed by atoms with Gasteiger partial charge in [-0.1, -0.05) is 28.1 Å². The Morgan fingerprint density at radius 3 is 2.58 bits per heavy atom. The highest BCUT2D eigenvalue weighted by Gasteiger charge is 2.36. The predicted octanol–water partition coefficient (Wildman–Crippen LogP) is 1.68. The number of morpholine rings is 1. The second-order valence-corrected chi connectivity index (χ2v) is 7.15. The first-order chi connectivity index (χ1) is 8.95. The van der Waals surface area contributed by atoms with Crippen molar-refractivity contribution in [2.24, 2.45) is 0 Å². The molecule has 0 amide bonds. The summed E-state index contributed by atoms with van der Waals surface area (Å²) < 4.78 is 34.4. The van der Waals surface area contributed by atoms with Crippen LogP contribution in [0.5, 0.6) is 0 Å². The molecule has 0 bridgehead atoms. The van der Waals surface area contributed by atoms with Gasteiger partial charge in [-0.25, -0.2) is 4.72 Å². The average Bonchev–Trinajstić information content (AvgIpc) is 2.40. The SMILES string of the molecule is CNS(=O)(=O)N1CCO[C@@H](c2ccc(Br)cc2)[C@H]1C. The maximum atomic E-state index is 11.9. The minimum Gasteiger partial charge on any atom is -0.370 e. The number of halogens is 1. The minimum atomic E-state index is -3.43. The van der Waals surface area contributed by atoms with Crippen molar-refractivity contribution < 1.29 is 13.2 Å². The lowest BCUT2D eigenvalue weighted by Crippen LogP contribution is -2.51. The van der Waals surface area contributed by atoms with Crippen LogP contribution >= 0.6 is 15.9 Å². The Morgan fingerprint density at radius 2 is 2.00 bits per heavy atom. The fourth-order valence-corrected chi connectivity index (χ4v) is 3.61. The van der Waals surface area contributed by atoms with Gasteiger partial charge in [0.25, 0.3) is 10.2 Å². The number of ether oxygens (including phenoxy) is 1. The molecule has 0 spiro atoms. The van der Waals surface area contributed by atoms with Gasteiger partial charge in [0, 0.05) is 18.1 Å². The number of nitrogens with one attached hydrogen (secondary N) is 1. The maximum absolute atomic E-state index is 11.9. The summed E-state index contributed by atoms with van der Waals surface area (Å²) in [7, 11) is -2.00. The summed E-state index contributed by atoms with van der Waals surface area (Å²) >= 11 is 3.38. The second-order valence-electron chi connectivity index (χ2n) is 4.40. The van der Waals surface area contributed by atoms with Crippen molar-refractivity contribution in [3.63, 3.8) is 0 Å². The number of hydrogen-bond acceptors (Lipinski definition) is 3. The normalized spacial score (nSPS) is 25.4. The summed E-state index contributed by atoms with van der Waals surface area (Å²) in [6.07, 6.45) is -0.245. The molecular formula is C12H17BrN2O3S. The first kappa shape index (κ1) is 14.9. The van der Waals surface area contributed by atoms with Crippen molar-refractivity contribution >= 4 is 26.1 Å². The summed E-state index contributed by atoms with van der Waals surface area (Å²) in [4.78, 5) is 0.